The van der Waals surface area contributed by atoms with Gasteiger partial charge in [-0.25, -0.2) is 0 Å². The molecule has 1 aromatic carbocycles. The van der Waals surface area contributed by atoms with Gasteiger partial charge in [0.05, 0.1) is 12.0 Å². The van der Waals surface area contributed by atoms with Gasteiger partial charge >= 0.3 is 29.9 Å². The summed E-state index contributed by atoms with van der Waals surface area (Å²) in [7, 11) is 0.791. The van der Waals surface area contributed by atoms with E-state index in [1.165, 1.54) is 24.3 Å². The monoisotopic (exact) mass is 460 g/mol. The number of hydrogen-bond acceptors (Lipinski definition) is 1. The lowest BCUT2D eigenvalue weighted by Gasteiger charge is -2.41. The minimum atomic E-state index is -7.43. The second-order valence-corrected chi connectivity index (χ2v) is 6.94. The van der Waals surface area contributed by atoms with Gasteiger partial charge in [-0.05, 0) is 24.5 Å². The highest BCUT2D eigenvalue weighted by atomic mass is 19.4. The van der Waals surface area contributed by atoms with E-state index in [2.05, 4.69) is 0 Å². The van der Waals surface area contributed by atoms with Gasteiger partial charge in [0.25, 0.3) is 0 Å². The predicted molar refractivity (Wildman–Crippen MR) is 85.3 cm³/mol. The van der Waals surface area contributed by atoms with Crippen molar-refractivity contribution in [2.45, 2.75) is 68.6 Å². The number of hydrogen-bond donors (Lipinski definition) is 0. The fraction of sp³-hybridized carbons (Fsp3) is 0.667. The van der Waals surface area contributed by atoms with Gasteiger partial charge in [-0.15, -0.1) is 0 Å². The molecule has 0 N–H and O–H groups in total. The van der Waals surface area contributed by atoms with E-state index in [1.54, 1.807) is 6.92 Å². The third kappa shape index (κ3) is 4.24. The zero-order valence-corrected chi connectivity index (χ0v) is 16.0. The third-order valence-corrected chi connectivity index (χ3v) is 4.72. The fourth-order valence-electron chi connectivity index (χ4n) is 2.94. The summed E-state index contributed by atoms with van der Waals surface area (Å²) in [4.78, 5) is 0. The normalized spacial score (nSPS) is 16.5. The van der Waals surface area contributed by atoms with Crippen molar-refractivity contribution >= 4 is 0 Å². The van der Waals surface area contributed by atoms with Crippen molar-refractivity contribution in [2.75, 3.05) is 7.11 Å². The molecule has 1 atom stereocenters. The van der Waals surface area contributed by atoms with Crippen molar-refractivity contribution in [3.05, 3.63) is 35.4 Å². The molecule has 0 saturated carbocycles. The number of benzene rings is 1. The van der Waals surface area contributed by atoms with E-state index in [9.17, 15) is 48.3 Å². The average molecular weight is 460 g/mol. The lowest BCUT2D eigenvalue weighted by atomic mass is 9.82. The second-order valence-electron chi connectivity index (χ2n) is 6.94. The van der Waals surface area contributed by atoms with E-state index in [4.69, 9.17) is 4.74 Å². The van der Waals surface area contributed by atoms with Crippen LogP contribution in [-0.2, 0) is 16.8 Å². The Kier molecular flexibility index (Phi) is 7.19. The minimum Gasteiger partial charge on any atom is -0.374 e. The summed E-state index contributed by atoms with van der Waals surface area (Å²) in [5.41, 5.74) is -2.19. The van der Waals surface area contributed by atoms with Crippen molar-refractivity contribution in [1.29, 1.82) is 0 Å². The molecule has 1 nitrogen and oxygen atoms in total. The van der Waals surface area contributed by atoms with Crippen LogP contribution in [0.4, 0.5) is 48.3 Å². The van der Waals surface area contributed by atoms with Crippen molar-refractivity contribution in [1.82, 2.24) is 0 Å². The summed E-state index contributed by atoms with van der Waals surface area (Å²) in [6.07, 6.45) is -8.75. The van der Waals surface area contributed by atoms with E-state index in [-0.39, 0.29) is 12.0 Å². The Bertz CT molecular complexity index is 727. The first-order valence-corrected chi connectivity index (χ1v) is 8.54. The van der Waals surface area contributed by atoms with Crippen molar-refractivity contribution in [3.63, 3.8) is 0 Å². The summed E-state index contributed by atoms with van der Waals surface area (Å²) in [6, 6.07) is 5.41. The van der Waals surface area contributed by atoms with E-state index in [0.29, 0.717) is 12.0 Å². The van der Waals surface area contributed by atoms with Crippen molar-refractivity contribution in [2.24, 2.45) is 0 Å². The molecule has 0 aromatic heterocycles. The molecular formula is C18H19F11O. The van der Waals surface area contributed by atoms with E-state index in [1.807, 2.05) is 0 Å². The Morgan fingerprint density at radius 2 is 1.27 bits per heavy atom. The van der Waals surface area contributed by atoms with Crippen molar-refractivity contribution in [3.8, 4) is 0 Å². The summed E-state index contributed by atoms with van der Waals surface area (Å²) in [5.74, 6) is -27.9. The largest absolute Gasteiger partial charge is 0.460 e. The number of ether oxygens (including phenoxy) is 1. The molecule has 0 fully saturated rings. The molecule has 1 unspecified atom stereocenters. The predicted octanol–water partition coefficient (Wildman–Crippen LogP) is 6.99. The van der Waals surface area contributed by atoms with Gasteiger partial charge in [0, 0.05) is 7.11 Å². The lowest BCUT2D eigenvalue weighted by Crippen LogP contribution is -2.67. The first kappa shape index (κ1) is 26.4. The Morgan fingerprint density at radius 1 is 0.767 bits per heavy atom. The van der Waals surface area contributed by atoms with Gasteiger partial charge in [0.15, 0.2) is 0 Å². The van der Waals surface area contributed by atoms with Gasteiger partial charge in [0.2, 0.25) is 0 Å². The van der Waals surface area contributed by atoms with Crippen LogP contribution in [0.1, 0.15) is 37.8 Å². The van der Waals surface area contributed by atoms with Gasteiger partial charge in [-0.2, -0.15) is 48.3 Å². The molecular weight excluding hydrogens is 441 g/mol. The molecule has 30 heavy (non-hydrogen) atoms. The summed E-state index contributed by atoms with van der Waals surface area (Å²) < 4.78 is 151. The van der Waals surface area contributed by atoms with Crippen LogP contribution in [0.5, 0.6) is 0 Å². The Hall–Kier alpha value is -1.59. The molecule has 1 aromatic rings. The molecule has 0 aliphatic rings. The maximum absolute atomic E-state index is 14.3. The van der Waals surface area contributed by atoms with Crippen LogP contribution in [0.2, 0.25) is 0 Å². The van der Waals surface area contributed by atoms with Crippen LogP contribution in [-0.4, -0.2) is 37.0 Å². The average Bonchev–Trinajstić information content (AvgIpc) is 2.60. The molecule has 0 spiro atoms. The van der Waals surface area contributed by atoms with Gasteiger partial charge in [-0.1, -0.05) is 37.6 Å². The van der Waals surface area contributed by atoms with Crippen LogP contribution in [0.3, 0.4) is 0 Å². The van der Waals surface area contributed by atoms with Gasteiger partial charge in [-0.3, -0.25) is 0 Å². The summed E-state index contributed by atoms with van der Waals surface area (Å²) in [5, 5.41) is 0. The Labute approximate surface area is 165 Å². The highest BCUT2D eigenvalue weighted by molar-refractivity contribution is 5.33. The maximum atomic E-state index is 14.3. The molecule has 0 saturated heterocycles. The quantitative estimate of drug-likeness (QED) is 0.361. The SMILES string of the molecule is CCCc1ccccc1C(C)(CC(F)(F)C(F)(F)C(F)(F)C(F)(F)C(F)(F)F)OC. The zero-order valence-electron chi connectivity index (χ0n) is 16.0. The van der Waals surface area contributed by atoms with Crippen LogP contribution in [0.25, 0.3) is 0 Å². The van der Waals surface area contributed by atoms with Crippen molar-refractivity contribution < 1.29 is 53.0 Å². The van der Waals surface area contributed by atoms with E-state index in [0.717, 1.165) is 14.0 Å². The number of halogens is 11. The van der Waals surface area contributed by atoms with E-state index < -0.39 is 41.9 Å². The topological polar surface area (TPSA) is 9.23 Å². The highest BCUT2D eigenvalue weighted by Crippen LogP contribution is 2.59. The van der Waals surface area contributed by atoms with Gasteiger partial charge < -0.3 is 4.74 Å². The fourth-order valence-corrected chi connectivity index (χ4v) is 2.94. The van der Waals surface area contributed by atoms with Crippen LogP contribution < -0.4 is 0 Å². The van der Waals surface area contributed by atoms with Crippen LogP contribution in [0, 0.1) is 0 Å². The molecule has 174 valence electrons. The smallest absolute Gasteiger partial charge is 0.374 e. The first-order chi connectivity index (χ1) is 13.3. The number of methoxy groups -OCH3 is 1. The third-order valence-electron chi connectivity index (χ3n) is 4.72. The summed E-state index contributed by atoms with van der Waals surface area (Å²) in [6.45, 7) is 2.52. The molecule has 0 heterocycles. The molecule has 1 rings (SSSR count). The Morgan fingerprint density at radius 3 is 1.70 bits per heavy atom. The Balaban J connectivity index is 3.49. The molecule has 0 amide bonds. The zero-order chi connectivity index (χ0) is 23.8. The molecule has 0 bridgehead atoms. The number of aryl methyl sites for hydroxylation is 1. The number of rotatable bonds is 9. The lowest BCUT2D eigenvalue weighted by molar-refractivity contribution is -0.424. The maximum Gasteiger partial charge on any atom is 0.460 e. The molecule has 0 aliphatic carbocycles. The second kappa shape index (κ2) is 8.16. The number of alkyl halides is 11. The van der Waals surface area contributed by atoms with Crippen LogP contribution >= 0.6 is 0 Å². The molecule has 12 heteroatoms. The molecule has 0 aliphatic heterocycles. The molecule has 0 radical (unpaired) electrons. The van der Waals surface area contributed by atoms with Crippen LogP contribution in [0.15, 0.2) is 24.3 Å². The van der Waals surface area contributed by atoms with E-state index >= 15 is 0 Å². The first-order valence-electron chi connectivity index (χ1n) is 8.54. The summed E-state index contributed by atoms with van der Waals surface area (Å²) >= 11 is 0. The highest BCUT2D eigenvalue weighted by Gasteiger charge is 2.87. The minimum absolute atomic E-state index is 0.115. The van der Waals surface area contributed by atoms with Gasteiger partial charge in [0.1, 0.15) is 0 Å². The standard InChI is InChI=1S/C18H19F11O/c1-4-7-11-8-5-6-9-12(11)13(2,30-3)10-14(19,20)15(21,22)16(23,24)17(25,26)18(27,28)29/h5-6,8-9H,4,7,10H2,1-3H3.